The van der Waals surface area contributed by atoms with Gasteiger partial charge in [-0.15, -0.1) is 0 Å². The molecule has 3 rings (SSSR count). The number of fused-ring (bicyclic) bond motifs is 1. The standard InChI is InChI=1S/C18H25N5O2/c1-12-9-13(22-17(24)25-18(2,3)4)11-23(10-12)14-5-6-20-16-15(14)19-7-8-21-16/h5-8,12-13H,9-11H2,1-4H3,(H,22,24)/t12-,13+/m0/s1. The number of carbonyl (C=O) groups excluding carboxylic acids is 1. The Morgan fingerprint density at radius 3 is 2.68 bits per heavy atom. The van der Waals surface area contributed by atoms with Gasteiger partial charge in [-0.1, -0.05) is 6.92 Å². The van der Waals surface area contributed by atoms with Gasteiger partial charge in [-0.05, 0) is 39.2 Å². The minimum atomic E-state index is -0.499. The van der Waals surface area contributed by atoms with Crippen LogP contribution in [-0.4, -0.2) is 45.8 Å². The number of carbonyl (C=O) groups is 1. The zero-order chi connectivity index (χ0) is 18.0. The summed E-state index contributed by atoms with van der Waals surface area (Å²) < 4.78 is 5.39. The minimum absolute atomic E-state index is 0.0264. The van der Waals surface area contributed by atoms with Gasteiger partial charge in [0, 0.05) is 37.7 Å². The number of piperidine rings is 1. The molecule has 0 aliphatic carbocycles. The highest BCUT2D eigenvalue weighted by atomic mass is 16.6. The highest BCUT2D eigenvalue weighted by Crippen LogP contribution is 2.27. The maximum atomic E-state index is 12.1. The molecule has 0 unspecified atom stereocenters. The van der Waals surface area contributed by atoms with Crippen LogP contribution in [0.4, 0.5) is 10.5 Å². The molecule has 1 N–H and O–H groups in total. The smallest absolute Gasteiger partial charge is 0.407 e. The molecular formula is C18H25N5O2. The van der Waals surface area contributed by atoms with Gasteiger partial charge < -0.3 is 15.0 Å². The van der Waals surface area contributed by atoms with Gasteiger partial charge in [0.25, 0.3) is 0 Å². The van der Waals surface area contributed by atoms with E-state index < -0.39 is 5.60 Å². The van der Waals surface area contributed by atoms with Crippen LogP contribution in [-0.2, 0) is 4.74 Å². The molecule has 1 fully saturated rings. The van der Waals surface area contributed by atoms with E-state index in [9.17, 15) is 4.79 Å². The Morgan fingerprint density at radius 2 is 1.92 bits per heavy atom. The van der Waals surface area contributed by atoms with E-state index in [1.165, 1.54) is 0 Å². The molecule has 0 radical (unpaired) electrons. The third-order valence-corrected chi connectivity index (χ3v) is 4.07. The predicted molar refractivity (Wildman–Crippen MR) is 96.5 cm³/mol. The predicted octanol–water partition coefficient (Wildman–Crippen LogP) is 2.76. The summed E-state index contributed by atoms with van der Waals surface area (Å²) in [5, 5.41) is 3.00. The van der Waals surface area contributed by atoms with Crippen LogP contribution in [0.15, 0.2) is 24.7 Å². The van der Waals surface area contributed by atoms with Gasteiger partial charge >= 0.3 is 6.09 Å². The maximum Gasteiger partial charge on any atom is 0.407 e. The Balaban J connectivity index is 1.77. The summed E-state index contributed by atoms with van der Waals surface area (Å²) in [6, 6.07) is 1.98. The van der Waals surface area contributed by atoms with Crippen LogP contribution in [0.5, 0.6) is 0 Å². The van der Waals surface area contributed by atoms with Gasteiger partial charge in [-0.2, -0.15) is 0 Å². The number of alkyl carbamates (subject to hydrolysis) is 1. The molecule has 3 heterocycles. The van der Waals surface area contributed by atoms with Crippen LogP contribution < -0.4 is 10.2 Å². The summed E-state index contributed by atoms with van der Waals surface area (Å²) >= 11 is 0. The fourth-order valence-corrected chi connectivity index (χ4v) is 3.25. The van der Waals surface area contributed by atoms with Crippen LogP contribution >= 0.6 is 0 Å². The van der Waals surface area contributed by atoms with Gasteiger partial charge in [0.15, 0.2) is 5.65 Å². The van der Waals surface area contributed by atoms with Gasteiger partial charge in [-0.3, -0.25) is 0 Å². The first-order valence-electron chi connectivity index (χ1n) is 8.62. The molecule has 0 aromatic carbocycles. The number of amides is 1. The molecule has 2 aromatic heterocycles. The third kappa shape index (κ3) is 4.35. The second kappa shape index (κ2) is 6.82. The van der Waals surface area contributed by atoms with Crippen molar-refractivity contribution in [2.24, 2.45) is 5.92 Å². The van der Waals surface area contributed by atoms with E-state index in [1.54, 1.807) is 18.6 Å². The van der Waals surface area contributed by atoms with Crippen molar-refractivity contribution in [3.8, 4) is 0 Å². The number of hydrogen-bond donors (Lipinski definition) is 1. The molecule has 2 atom stereocenters. The monoisotopic (exact) mass is 343 g/mol. The number of ether oxygens (including phenoxy) is 1. The zero-order valence-electron chi connectivity index (χ0n) is 15.2. The first kappa shape index (κ1) is 17.4. The largest absolute Gasteiger partial charge is 0.444 e. The molecule has 0 spiro atoms. The number of aromatic nitrogens is 3. The Hall–Kier alpha value is -2.44. The molecule has 0 saturated carbocycles. The van der Waals surface area contributed by atoms with E-state index >= 15 is 0 Å². The van der Waals surface area contributed by atoms with E-state index in [0.29, 0.717) is 18.1 Å². The summed E-state index contributed by atoms with van der Waals surface area (Å²) in [6.45, 7) is 9.39. The lowest BCUT2D eigenvalue weighted by Crippen LogP contribution is -2.51. The lowest BCUT2D eigenvalue weighted by molar-refractivity contribution is 0.0495. The van der Waals surface area contributed by atoms with Crippen LogP contribution in [0, 0.1) is 5.92 Å². The van der Waals surface area contributed by atoms with Crippen molar-refractivity contribution in [3.63, 3.8) is 0 Å². The number of nitrogens with zero attached hydrogens (tertiary/aromatic N) is 4. The molecule has 1 aliphatic heterocycles. The Kier molecular flexibility index (Phi) is 4.74. The van der Waals surface area contributed by atoms with Crippen molar-refractivity contribution in [1.29, 1.82) is 0 Å². The van der Waals surface area contributed by atoms with E-state index in [1.807, 2.05) is 26.8 Å². The van der Waals surface area contributed by atoms with Crippen molar-refractivity contribution in [2.75, 3.05) is 18.0 Å². The lowest BCUT2D eigenvalue weighted by atomic mass is 9.95. The molecule has 7 heteroatoms. The van der Waals surface area contributed by atoms with E-state index in [0.717, 1.165) is 24.2 Å². The summed E-state index contributed by atoms with van der Waals surface area (Å²) in [7, 11) is 0. The second-order valence-corrected chi connectivity index (χ2v) is 7.65. The Bertz CT molecular complexity index is 753. The van der Waals surface area contributed by atoms with Gasteiger partial charge in [0.05, 0.1) is 5.69 Å². The quantitative estimate of drug-likeness (QED) is 0.903. The van der Waals surface area contributed by atoms with E-state index in [4.69, 9.17) is 4.74 Å². The molecule has 7 nitrogen and oxygen atoms in total. The van der Waals surface area contributed by atoms with Crippen molar-refractivity contribution < 1.29 is 9.53 Å². The van der Waals surface area contributed by atoms with Crippen LogP contribution in [0.2, 0.25) is 0 Å². The fraction of sp³-hybridized carbons (Fsp3) is 0.556. The number of nitrogens with one attached hydrogen (secondary N) is 1. The first-order valence-corrected chi connectivity index (χ1v) is 8.62. The summed E-state index contributed by atoms with van der Waals surface area (Å²) in [4.78, 5) is 27.3. The average molecular weight is 343 g/mol. The SMILES string of the molecule is C[C@H]1C[C@@H](NC(=O)OC(C)(C)C)CN(c2ccnc3nccnc23)C1. The summed E-state index contributed by atoms with van der Waals surface area (Å²) in [5.41, 5.74) is 1.92. The molecule has 1 amide bonds. The Morgan fingerprint density at radius 1 is 1.20 bits per heavy atom. The van der Waals surface area contributed by atoms with Gasteiger partial charge in [0.1, 0.15) is 11.1 Å². The molecule has 2 aromatic rings. The fourth-order valence-electron chi connectivity index (χ4n) is 3.25. The van der Waals surface area contributed by atoms with Crippen molar-refractivity contribution in [3.05, 3.63) is 24.7 Å². The average Bonchev–Trinajstić information content (AvgIpc) is 2.51. The van der Waals surface area contributed by atoms with Crippen LogP contribution in [0.25, 0.3) is 11.2 Å². The number of hydrogen-bond acceptors (Lipinski definition) is 6. The lowest BCUT2D eigenvalue weighted by Gasteiger charge is -2.38. The van der Waals surface area contributed by atoms with Crippen molar-refractivity contribution in [1.82, 2.24) is 20.3 Å². The molecule has 0 bridgehead atoms. The molecule has 25 heavy (non-hydrogen) atoms. The number of pyridine rings is 1. The van der Waals surface area contributed by atoms with Crippen LogP contribution in [0.3, 0.4) is 0 Å². The van der Waals surface area contributed by atoms with E-state index in [2.05, 4.69) is 32.1 Å². The normalized spacial score (nSPS) is 21.2. The molecular weight excluding hydrogens is 318 g/mol. The highest BCUT2D eigenvalue weighted by Gasteiger charge is 2.28. The summed E-state index contributed by atoms with van der Waals surface area (Å²) in [6.07, 6.45) is 5.63. The zero-order valence-corrected chi connectivity index (χ0v) is 15.2. The number of anilines is 1. The van der Waals surface area contributed by atoms with Gasteiger partial charge in [0.2, 0.25) is 0 Å². The highest BCUT2D eigenvalue weighted by molar-refractivity contribution is 5.85. The molecule has 134 valence electrons. The maximum absolute atomic E-state index is 12.1. The van der Waals surface area contributed by atoms with Crippen molar-refractivity contribution in [2.45, 2.75) is 45.8 Å². The Labute approximate surface area is 147 Å². The summed E-state index contributed by atoms with van der Waals surface area (Å²) in [5.74, 6) is 0.438. The topological polar surface area (TPSA) is 80.2 Å². The van der Waals surface area contributed by atoms with E-state index in [-0.39, 0.29) is 12.1 Å². The second-order valence-electron chi connectivity index (χ2n) is 7.65. The molecule has 1 aliphatic rings. The molecule has 1 saturated heterocycles. The third-order valence-electron chi connectivity index (χ3n) is 4.07. The van der Waals surface area contributed by atoms with Gasteiger partial charge in [-0.25, -0.2) is 19.7 Å². The van der Waals surface area contributed by atoms with Crippen LogP contribution in [0.1, 0.15) is 34.1 Å². The van der Waals surface area contributed by atoms with Crippen molar-refractivity contribution >= 4 is 22.9 Å². The minimum Gasteiger partial charge on any atom is -0.444 e. The first-order chi connectivity index (χ1) is 11.8. The number of rotatable bonds is 2.